The molecule has 1 heterocycles. The molecule has 1 aliphatic heterocycles. The Labute approximate surface area is 136 Å². The first kappa shape index (κ1) is 15.2. The van der Waals surface area contributed by atoms with Gasteiger partial charge in [-0.05, 0) is 51.0 Å². The summed E-state index contributed by atoms with van der Waals surface area (Å²) < 4.78 is 0. The minimum Gasteiger partial charge on any atom is -0.308 e. The molecule has 0 aliphatic carbocycles. The highest BCUT2D eigenvalue weighted by molar-refractivity contribution is 8.00. The molecule has 0 aromatic heterocycles. The van der Waals surface area contributed by atoms with Crippen LogP contribution in [0, 0.1) is 6.92 Å². The van der Waals surface area contributed by atoms with E-state index in [2.05, 4.69) is 50.2 Å². The van der Waals surface area contributed by atoms with Crippen molar-refractivity contribution >= 4 is 23.4 Å². The number of amides is 1. The van der Waals surface area contributed by atoms with Crippen LogP contribution in [0.1, 0.15) is 25.0 Å². The molecule has 0 radical (unpaired) electrons. The Hall–Kier alpha value is -1.74. The first-order valence-electron chi connectivity index (χ1n) is 7.70. The summed E-state index contributed by atoms with van der Waals surface area (Å²) in [6, 6.07) is 16.8. The van der Waals surface area contributed by atoms with Crippen molar-refractivity contribution in [2.75, 3.05) is 4.90 Å². The van der Waals surface area contributed by atoms with Gasteiger partial charge in [-0.25, -0.2) is 0 Å². The smallest absolute Gasteiger partial charge is 0.240 e. The van der Waals surface area contributed by atoms with Gasteiger partial charge in [0.25, 0.3) is 0 Å². The van der Waals surface area contributed by atoms with Gasteiger partial charge >= 0.3 is 0 Å². The summed E-state index contributed by atoms with van der Waals surface area (Å²) in [4.78, 5) is 16.0. The average Bonchev–Trinajstić information content (AvgIpc) is 2.84. The number of nitrogens with zero attached hydrogens (tertiary/aromatic N) is 1. The van der Waals surface area contributed by atoms with E-state index in [0.29, 0.717) is 0 Å². The SMILES string of the molecule is Cc1ccc(S[C@@H](C)C(=O)N2c3ccccc3C[C@H]2C)cc1. The van der Waals surface area contributed by atoms with E-state index in [1.807, 2.05) is 24.0 Å². The first-order valence-corrected chi connectivity index (χ1v) is 8.58. The number of benzene rings is 2. The van der Waals surface area contributed by atoms with Crippen molar-refractivity contribution in [1.82, 2.24) is 0 Å². The molecule has 3 heteroatoms. The molecule has 0 spiro atoms. The van der Waals surface area contributed by atoms with Crippen LogP contribution < -0.4 is 4.90 Å². The van der Waals surface area contributed by atoms with Crippen molar-refractivity contribution in [3.8, 4) is 0 Å². The van der Waals surface area contributed by atoms with E-state index in [9.17, 15) is 4.79 Å². The number of aryl methyl sites for hydroxylation is 1. The minimum absolute atomic E-state index is 0.0867. The number of thioether (sulfide) groups is 1. The number of anilines is 1. The first-order chi connectivity index (χ1) is 10.6. The van der Waals surface area contributed by atoms with Crippen LogP contribution in [0.15, 0.2) is 53.4 Å². The molecular formula is C19H21NOS. The topological polar surface area (TPSA) is 20.3 Å². The number of para-hydroxylation sites is 1. The summed E-state index contributed by atoms with van der Waals surface area (Å²) in [5, 5.41) is -0.0867. The molecule has 2 nitrogen and oxygen atoms in total. The van der Waals surface area contributed by atoms with Crippen molar-refractivity contribution in [2.24, 2.45) is 0 Å². The molecule has 0 bridgehead atoms. The molecule has 1 amide bonds. The monoisotopic (exact) mass is 311 g/mol. The molecule has 2 atom stereocenters. The highest BCUT2D eigenvalue weighted by atomic mass is 32.2. The van der Waals surface area contributed by atoms with Crippen LogP contribution in [0.5, 0.6) is 0 Å². The second kappa shape index (κ2) is 6.17. The van der Waals surface area contributed by atoms with Crippen LogP contribution >= 0.6 is 11.8 Å². The van der Waals surface area contributed by atoms with Gasteiger partial charge in [0, 0.05) is 16.6 Å². The van der Waals surface area contributed by atoms with Gasteiger partial charge in [-0.2, -0.15) is 0 Å². The maximum atomic E-state index is 12.9. The van der Waals surface area contributed by atoms with Crippen LogP contribution in [0.25, 0.3) is 0 Å². The Morgan fingerprint density at radius 1 is 1.18 bits per heavy atom. The summed E-state index contributed by atoms with van der Waals surface area (Å²) in [5.74, 6) is 0.197. The zero-order chi connectivity index (χ0) is 15.7. The van der Waals surface area contributed by atoms with Gasteiger partial charge < -0.3 is 4.90 Å². The second-order valence-electron chi connectivity index (χ2n) is 5.96. The maximum Gasteiger partial charge on any atom is 0.240 e. The molecule has 114 valence electrons. The van der Waals surface area contributed by atoms with Gasteiger partial charge in [-0.3, -0.25) is 4.79 Å². The van der Waals surface area contributed by atoms with Gasteiger partial charge in [-0.1, -0.05) is 35.9 Å². The van der Waals surface area contributed by atoms with Crippen molar-refractivity contribution in [3.05, 3.63) is 59.7 Å². The van der Waals surface area contributed by atoms with Gasteiger partial charge in [0.2, 0.25) is 5.91 Å². The number of rotatable bonds is 3. The summed E-state index contributed by atoms with van der Waals surface area (Å²) in [7, 11) is 0. The van der Waals surface area contributed by atoms with E-state index >= 15 is 0 Å². The molecule has 0 N–H and O–H groups in total. The van der Waals surface area contributed by atoms with Crippen molar-refractivity contribution in [1.29, 1.82) is 0 Å². The summed E-state index contributed by atoms with van der Waals surface area (Å²) in [6.07, 6.45) is 0.948. The maximum absolute atomic E-state index is 12.9. The lowest BCUT2D eigenvalue weighted by molar-refractivity contribution is -0.118. The third-order valence-corrected chi connectivity index (χ3v) is 5.23. The molecule has 0 fully saturated rings. The van der Waals surface area contributed by atoms with Crippen molar-refractivity contribution < 1.29 is 4.79 Å². The van der Waals surface area contributed by atoms with Crippen LogP contribution in [-0.4, -0.2) is 17.2 Å². The van der Waals surface area contributed by atoms with Crippen LogP contribution in [0.4, 0.5) is 5.69 Å². The Bertz CT molecular complexity index is 680. The minimum atomic E-state index is -0.0867. The van der Waals surface area contributed by atoms with Gasteiger partial charge in [-0.15, -0.1) is 11.8 Å². The molecule has 0 saturated carbocycles. The lowest BCUT2D eigenvalue weighted by atomic mass is 10.1. The standard InChI is InChI=1S/C19H21NOS/c1-13-8-10-17(11-9-13)22-15(3)19(21)20-14(2)12-16-6-4-5-7-18(16)20/h4-11,14-15H,12H2,1-3H3/t14-,15+/m1/s1. The highest BCUT2D eigenvalue weighted by Crippen LogP contribution is 2.34. The van der Waals surface area contributed by atoms with Crippen molar-refractivity contribution in [3.63, 3.8) is 0 Å². The average molecular weight is 311 g/mol. The number of carbonyl (C=O) groups excluding carboxylic acids is 1. The largest absolute Gasteiger partial charge is 0.308 e. The highest BCUT2D eigenvalue weighted by Gasteiger charge is 2.33. The number of fused-ring (bicyclic) bond motifs is 1. The van der Waals surface area contributed by atoms with E-state index in [0.717, 1.165) is 17.0 Å². The molecule has 0 unspecified atom stereocenters. The van der Waals surface area contributed by atoms with Crippen LogP contribution in [0.3, 0.4) is 0 Å². The van der Waals surface area contributed by atoms with Gasteiger partial charge in [0.05, 0.1) is 5.25 Å². The van der Waals surface area contributed by atoms with Gasteiger partial charge in [0.1, 0.15) is 0 Å². The molecule has 2 aromatic carbocycles. The Kier molecular flexibility index (Phi) is 4.25. The van der Waals surface area contributed by atoms with Crippen LogP contribution in [0.2, 0.25) is 0 Å². The normalized spacial score (nSPS) is 18.1. The molecule has 2 aromatic rings. The lowest BCUT2D eigenvalue weighted by Gasteiger charge is -2.26. The fourth-order valence-electron chi connectivity index (χ4n) is 2.97. The predicted octanol–water partition coefficient (Wildman–Crippen LogP) is 4.45. The van der Waals surface area contributed by atoms with Gasteiger partial charge in [0.15, 0.2) is 0 Å². The molecule has 0 saturated heterocycles. The third kappa shape index (κ3) is 2.91. The zero-order valence-corrected chi connectivity index (χ0v) is 14.1. The summed E-state index contributed by atoms with van der Waals surface area (Å²) >= 11 is 1.63. The number of hydrogen-bond donors (Lipinski definition) is 0. The quantitative estimate of drug-likeness (QED) is 0.780. The lowest BCUT2D eigenvalue weighted by Crippen LogP contribution is -2.40. The molecule has 22 heavy (non-hydrogen) atoms. The van der Waals surface area contributed by atoms with Crippen LogP contribution in [-0.2, 0) is 11.2 Å². The fourth-order valence-corrected chi connectivity index (χ4v) is 3.88. The number of hydrogen-bond acceptors (Lipinski definition) is 2. The fraction of sp³-hybridized carbons (Fsp3) is 0.316. The molecule has 1 aliphatic rings. The van der Waals surface area contributed by atoms with E-state index in [1.54, 1.807) is 11.8 Å². The number of carbonyl (C=O) groups is 1. The third-order valence-electron chi connectivity index (χ3n) is 4.13. The summed E-state index contributed by atoms with van der Waals surface area (Å²) in [6.45, 7) is 6.20. The van der Waals surface area contributed by atoms with E-state index in [1.165, 1.54) is 11.1 Å². The summed E-state index contributed by atoms with van der Waals surface area (Å²) in [5.41, 5.74) is 3.60. The van der Waals surface area contributed by atoms with E-state index in [4.69, 9.17) is 0 Å². The van der Waals surface area contributed by atoms with Crippen molar-refractivity contribution in [2.45, 2.75) is 43.4 Å². The van der Waals surface area contributed by atoms with E-state index < -0.39 is 0 Å². The predicted molar refractivity (Wildman–Crippen MR) is 93.6 cm³/mol. The molecule has 3 rings (SSSR count). The Morgan fingerprint density at radius 2 is 1.86 bits per heavy atom. The molecular weight excluding hydrogens is 290 g/mol. The second-order valence-corrected chi connectivity index (χ2v) is 7.38. The Morgan fingerprint density at radius 3 is 2.59 bits per heavy atom. The Balaban J connectivity index is 1.77. The zero-order valence-electron chi connectivity index (χ0n) is 13.2. The van der Waals surface area contributed by atoms with E-state index in [-0.39, 0.29) is 17.2 Å².